The second kappa shape index (κ2) is 9.05. The van der Waals surface area contributed by atoms with Gasteiger partial charge < -0.3 is 14.8 Å². The normalized spacial score (nSPS) is 19.5. The van der Waals surface area contributed by atoms with Gasteiger partial charge in [0.15, 0.2) is 6.61 Å². The number of hydrogen-bond acceptors (Lipinski definition) is 6. The number of nitrogens with one attached hydrogen (secondary N) is 1. The summed E-state index contributed by atoms with van der Waals surface area (Å²) in [5, 5.41) is 2.62. The summed E-state index contributed by atoms with van der Waals surface area (Å²) in [6.45, 7) is -0.461. The molecule has 3 amide bonds. The fourth-order valence-electron chi connectivity index (χ4n) is 3.91. The number of esters is 1. The van der Waals surface area contributed by atoms with Crippen LogP contribution in [0, 0.1) is 11.8 Å². The molecule has 2 atom stereocenters. The summed E-state index contributed by atoms with van der Waals surface area (Å²) in [7, 11) is 1.52. The Balaban J connectivity index is 1.35. The highest BCUT2D eigenvalue weighted by atomic mass is 16.5. The van der Waals surface area contributed by atoms with Crippen molar-refractivity contribution < 1.29 is 28.7 Å². The van der Waals surface area contributed by atoms with Crippen LogP contribution >= 0.6 is 0 Å². The van der Waals surface area contributed by atoms with Gasteiger partial charge in [-0.05, 0) is 49.2 Å². The Hall–Kier alpha value is -3.94. The summed E-state index contributed by atoms with van der Waals surface area (Å²) in [5.74, 6) is -1.66. The van der Waals surface area contributed by atoms with Gasteiger partial charge >= 0.3 is 5.97 Å². The molecule has 8 heteroatoms. The third kappa shape index (κ3) is 4.25. The largest absolute Gasteiger partial charge is 0.497 e. The number of carbonyl (C=O) groups is 4. The third-order valence-corrected chi connectivity index (χ3v) is 5.56. The molecule has 0 spiro atoms. The Bertz CT molecular complexity index is 1070. The molecule has 32 heavy (non-hydrogen) atoms. The number of imide groups is 1. The predicted molar refractivity (Wildman–Crippen MR) is 116 cm³/mol. The van der Waals surface area contributed by atoms with Crippen LogP contribution in [-0.4, -0.2) is 37.4 Å². The quantitative estimate of drug-likeness (QED) is 0.426. The zero-order chi connectivity index (χ0) is 22.7. The van der Waals surface area contributed by atoms with Crippen LogP contribution in [0.3, 0.4) is 0 Å². The molecule has 1 aliphatic carbocycles. The zero-order valence-electron chi connectivity index (χ0n) is 17.4. The summed E-state index contributed by atoms with van der Waals surface area (Å²) in [6, 6.07) is 12.8. The lowest BCUT2D eigenvalue weighted by Crippen LogP contribution is -2.30. The van der Waals surface area contributed by atoms with Crippen molar-refractivity contribution in [1.82, 2.24) is 0 Å². The van der Waals surface area contributed by atoms with E-state index in [1.165, 1.54) is 36.3 Å². The van der Waals surface area contributed by atoms with E-state index in [-0.39, 0.29) is 29.2 Å². The first-order valence-corrected chi connectivity index (χ1v) is 10.2. The number of fused-ring (bicyclic) bond motifs is 1. The monoisotopic (exact) mass is 434 g/mol. The molecule has 1 heterocycles. The van der Waals surface area contributed by atoms with Crippen LogP contribution in [0.1, 0.15) is 23.2 Å². The van der Waals surface area contributed by atoms with Gasteiger partial charge in [-0.3, -0.25) is 19.3 Å². The second-order valence-electron chi connectivity index (χ2n) is 7.57. The molecule has 0 bridgehead atoms. The molecule has 2 aromatic rings. The van der Waals surface area contributed by atoms with Gasteiger partial charge in [0.05, 0.1) is 30.2 Å². The molecule has 0 unspecified atom stereocenters. The molecule has 1 aliphatic heterocycles. The SMILES string of the molecule is COc1cccc(NC(=O)COC(=O)c2ccc(N3C(=O)[C@H]4CC=CC[C@H]4C3=O)cc2)c1. The average Bonchev–Trinajstić information content (AvgIpc) is 3.08. The van der Waals surface area contributed by atoms with E-state index in [2.05, 4.69) is 5.32 Å². The fourth-order valence-corrected chi connectivity index (χ4v) is 3.91. The van der Waals surface area contributed by atoms with E-state index in [1.54, 1.807) is 24.3 Å². The molecule has 0 saturated carbocycles. The van der Waals surface area contributed by atoms with Crippen LogP contribution in [0.25, 0.3) is 0 Å². The number of ether oxygens (including phenoxy) is 2. The summed E-state index contributed by atoms with van der Waals surface area (Å²) in [6.07, 6.45) is 4.99. The first kappa shape index (κ1) is 21.3. The smallest absolute Gasteiger partial charge is 0.338 e. The minimum absolute atomic E-state index is 0.209. The number of amides is 3. The van der Waals surface area contributed by atoms with E-state index in [1.807, 2.05) is 12.2 Å². The fraction of sp³-hybridized carbons (Fsp3) is 0.250. The topological polar surface area (TPSA) is 102 Å². The van der Waals surface area contributed by atoms with Crippen molar-refractivity contribution in [3.63, 3.8) is 0 Å². The zero-order valence-corrected chi connectivity index (χ0v) is 17.4. The summed E-state index contributed by atoms with van der Waals surface area (Å²) >= 11 is 0. The number of anilines is 2. The van der Waals surface area contributed by atoms with Crippen LogP contribution in [0.2, 0.25) is 0 Å². The maximum atomic E-state index is 12.7. The number of rotatable bonds is 6. The number of methoxy groups -OCH3 is 1. The Morgan fingerprint density at radius 1 is 1.00 bits per heavy atom. The van der Waals surface area contributed by atoms with Crippen LogP contribution < -0.4 is 15.0 Å². The van der Waals surface area contributed by atoms with Crippen molar-refractivity contribution in [2.45, 2.75) is 12.8 Å². The van der Waals surface area contributed by atoms with Crippen molar-refractivity contribution in [3.05, 3.63) is 66.2 Å². The van der Waals surface area contributed by atoms with Crippen LogP contribution in [0.15, 0.2) is 60.7 Å². The van der Waals surface area contributed by atoms with Crippen molar-refractivity contribution in [2.75, 3.05) is 23.9 Å². The maximum Gasteiger partial charge on any atom is 0.338 e. The van der Waals surface area contributed by atoms with Gasteiger partial charge in [-0.1, -0.05) is 18.2 Å². The summed E-state index contributed by atoms with van der Waals surface area (Å²) in [4.78, 5) is 50.9. The molecule has 8 nitrogen and oxygen atoms in total. The highest BCUT2D eigenvalue weighted by Crippen LogP contribution is 2.37. The first-order valence-electron chi connectivity index (χ1n) is 10.2. The molecule has 4 rings (SSSR count). The van der Waals surface area contributed by atoms with Gasteiger partial charge in [-0.2, -0.15) is 0 Å². The third-order valence-electron chi connectivity index (χ3n) is 5.56. The molecule has 0 radical (unpaired) electrons. The van der Waals surface area contributed by atoms with Gasteiger partial charge in [0, 0.05) is 11.8 Å². The molecule has 164 valence electrons. The number of hydrogen-bond donors (Lipinski definition) is 1. The predicted octanol–water partition coefficient (Wildman–Crippen LogP) is 2.95. The number of benzene rings is 2. The highest BCUT2D eigenvalue weighted by molar-refractivity contribution is 6.22. The van der Waals surface area contributed by atoms with E-state index >= 15 is 0 Å². The van der Waals surface area contributed by atoms with Crippen molar-refractivity contribution in [2.24, 2.45) is 11.8 Å². The molecule has 1 fully saturated rings. The second-order valence-corrected chi connectivity index (χ2v) is 7.57. The van der Waals surface area contributed by atoms with Crippen molar-refractivity contribution in [3.8, 4) is 5.75 Å². The molecule has 1 N–H and O–H groups in total. The minimum Gasteiger partial charge on any atom is -0.497 e. The van der Waals surface area contributed by atoms with Gasteiger partial charge in [-0.15, -0.1) is 0 Å². The molecule has 1 saturated heterocycles. The number of allylic oxidation sites excluding steroid dienone is 2. The van der Waals surface area contributed by atoms with Crippen LogP contribution in [0.5, 0.6) is 5.75 Å². The lowest BCUT2D eigenvalue weighted by atomic mass is 9.85. The van der Waals surface area contributed by atoms with Gasteiger partial charge in [0.2, 0.25) is 11.8 Å². The van der Waals surface area contributed by atoms with Gasteiger partial charge in [0.25, 0.3) is 5.91 Å². The molecule has 2 aliphatic rings. The Morgan fingerprint density at radius 2 is 1.66 bits per heavy atom. The van der Waals surface area contributed by atoms with Crippen LogP contribution in [0.4, 0.5) is 11.4 Å². The summed E-state index contributed by atoms with van der Waals surface area (Å²) in [5.41, 5.74) is 1.15. The lowest BCUT2D eigenvalue weighted by molar-refractivity contribution is -0.122. The maximum absolute atomic E-state index is 12.7. The van der Waals surface area contributed by atoms with E-state index in [0.29, 0.717) is 30.0 Å². The molecule has 0 aromatic heterocycles. The van der Waals surface area contributed by atoms with Crippen molar-refractivity contribution >= 4 is 35.1 Å². The Morgan fingerprint density at radius 3 is 2.28 bits per heavy atom. The molecular weight excluding hydrogens is 412 g/mol. The Labute approximate surface area is 184 Å². The highest BCUT2D eigenvalue weighted by Gasteiger charge is 2.47. The van der Waals surface area contributed by atoms with Gasteiger partial charge in [0.1, 0.15) is 5.75 Å². The first-order chi connectivity index (χ1) is 15.5. The Kier molecular flexibility index (Phi) is 6.02. The number of carbonyl (C=O) groups excluding carboxylic acids is 4. The van der Waals surface area contributed by atoms with Crippen LogP contribution in [-0.2, 0) is 19.1 Å². The standard InChI is InChI=1S/C24H22N2O6/c1-31-18-6-4-5-16(13-18)25-21(27)14-32-24(30)15-9-11-17(12-10-15)26-22(28)19-7-2-3-8-20(19)23(26)29/h2-6,9-13,19-20H,7-8,14H2,1H3,(H,25,27)/t19-,20+. The van der Waals surface area contributed by atoms with E-state index in [4.69, 9.17) is 9.47 Å². The summed E-state index contributed by atoms with van der Waals surface area (Å²) < 4.78 is 10.2. The minimum atomic E-state index is -0.686. The van der Waals surface area contributed by atoms with Crippen molar-refractivity contribution in [1.29, 1.82) is 0 Å². The van der Waals surface area contributed by atoms with E-state index in [9.17, 15) is 19.2 Å². The molecular formula is C24H22N2O6. The number of nitrogens with zero attached hydrogens (tertiary/aromatic N) is 1. The van der Waals surface area contributed by atoms with E-state index in [0.717, 1.165) is 0 Å². The average molecular weight is 434 g/mol. The molecule has 2 aromatic carbocycles. The van der Waals surface area contributed by atoms with Gasteiger partial charge in [-0.25, -0.2) is 4.79 Å². The lowest BCUT2D eigenvalue weighted by Gasteiger charge is -2.15. The van der Waals surface area contributed by atoms with E-state index < -0.39 is 18.5 Å².